The second kappa shape index (κ2) is 18.5. The van der Waals surface area contributed by atoms with Crippen molar-refractivity contribution in [1.29, 1.82) is 10.5 Å². The van der Waals surface area contributed by atoms with Gasteiger partial charge < -0.3 is 31.2 Å². The Balaban J connectivity index is 1.28. The maximum atomic E-state index is 12.4. The average Bonchev–Trinajstić information content (AvgIpc) is 3.88. The van der Waals surface area contributed by atoms with Crippen LogP contribution in [0.3, 0.4) is 0 Å². The molecular formula is C38H42N8O4S2. The number of thiazole rings is 1. The van der Waals surface area contributed by atoms with Crippen molar-refractivity contribution in [3.05, 3.63) is 76.3 Å². The first kappa shape index (κ1) is 38.2. The number of thioether (sulfide) groups is 1. The molecule has 3 heterocycles. The van der Waals surface area contributed by atoms with Crippen LogP contribution in [0.4, 0.5) is 5.82 Å². The number of aromatic nitrogens is 2. The summed E-state index contributed by atoms with van der Waals surface area (Å²) in [6.07, 6.45) is 3.04. The summed E-state index contributed by atoms with van der Waals surface area (Å²) in [7, 11) is 0. The van der Waals surface area contributed by atoms with Crippen molar-refractivity contribution >= 4 is 40.8 Å². The Morgan fingerprint density at radius 3 is 2.38 bits per heavy atom. The topological polar surface area (TPSA) is 193 Å². The van der Waals surface area contributed by atoms with Gasteiger partial charge in [0.1, 0.15) is 58.6 Å². The van der Waals surface area contributed by atoms with E-state index in [2.05, 4.69) is 53.5 Å². The molecule has 0 radical (unpaired) electrons. The Hall–Kier alpha value is -4.99. The van der Waals surface area contributed by atoms with E-state index in [1.165, 1.54) is 24.2 Å². The first-order valence-corrected chi connectivity index (χ1v) is 19.0. The summed E-state index contributed by atoms with van der Waals surface area (Å²) < 4.78 is 11.1. The molecule has 5 N–H and O–H groups in total. The number of carbonyl (C=O) groups is 2. The van der Waals surface area contributed by atoms with Gasteiger partial charge in [-0.05, 0) is 63.8 Å². The number of ether oxygens (including phenoxy) is 2. The van der Waals surface area contributed by atoms with Gasteiger partial charge in [0.25, 0.3) is 0 Å². The van der Waals surface area contributed by atoms with Crippen molar-refractivity contribution in [3.63, 3.8) is 0 Å². The molecule has 0 unspecified atom stereocenters. The summed E-state index contributed by atoms with van der Waals surface area (Å²) in [6.45, 7) is 5.62. The largest absolute Gasteiger partial charge is 0.490 e. The van der Waals surface area contributed by atoms with Crippen LogP contribution in [-0.4, -0.2) is 66.8 Å². The van der Waals surface area contributed by atoms with E-state index in [0.717, 1.165) is 42.2 Å². The number of hydrogen-bond acceptors (Lipinski definition) is 13. The second-order valence-electron chi connectivity index (χ2n) is 12.4. The van der Waals surface area contributed by atoms with Gasteiger partial charge in [0.2, 0.25) is 5.91 Å². The summed E-state index contributed by atoms with van der Waals surface area (Å²) in [5, 5.41) is 26.9. The number of nitrogens with one attached hydrogen (secondary N) is 1. The fraction of sp³-hybridized carbons (Fsp3) is 0.368. The van der Waals surface area contributed by atoms with Crippen LogP contribution in [0.5, 0.6) is 5.75 Å². The SMILES string of the molecule is Cc1ccc(-c2nc(CSc3nc(N4CCCC4)c(C#N)c(-c4ccc(OCCOC(=O)[C@H](C)NC(=O)[C@@H](N)CCCN)cc4)c3C#N)cs2)cc1. The highest BCUT2D eigenvalue weighted by atomic mass is 32.2. The lowest BCUT2D eigenvalue weighted by molar-refractivity contribution is -0.148. The van der Waals surface area contributed by atoms with Crippen molar-refractivity contribution in [1.82, 2.24) is 15.3 Å². The van der Waals surface area contributed by atoms with Gasteiger partial charge >= 0.3 is 5.97 Å². The molecule has 5 rings (SSSR count). The molecule has 1 fully saturated rings. The molecule has 1 saturated heterocycles. The number of benzene rings is 2. The lowest BCUT2D eigenvalue weighted by Crippen LogP contribution is -2.47. The molecule has 2 atom stereocenters. The van der Waals surface area contributed by atoms with Gasteiger partial charge in [-0.1, -0.05) is 53.7 Å². The number of nitrogens with zero attached hydrogens (tertiary/aromatic N) is 5. The number of pyridine rings is 1. The first-order valence-electron chi connectivity index (χ1n) is 17.2. The minimum Gasteiger partial charge on any atom is -0.490 e. The van der Waals surface area contributed by atoms with E-state index >= 15 is 0 Å². The number of anilines is 1. The molecular weight excluding hydrogens is 697 g/mol. The molecule has 0 spiro atoms. The molecule has 0 aliphatic carbocycles. The molecule has 0 bridgehead atoms. The first-order chi connectivity index (χ1) is 25.2. The maximum Gasteiger partial charge on any atom is 0.328 e. The molecule has 52 heavy (non-hydrogen) atoms. The van der Waals surface area contributed by atoms with E-state index in [-0.39, 0.29) is 13.2 Å². The molecule has 14 heteroatoms. The Kier molecular flexibility index (Phi) is 13.6. The van der Waals surface area contributed by atoms with E-state index in [1.54, 1.807) is 35.6 Å². The second-order valence-corrected chi connectivity index (χ2v) is 14.2. The zero-order valence-corrected chi connectivity index (χ0v) is 30.9. The van der Waals surface area contributed by atoms with Crippen molar-refractivity contribution in [2.24, 2.45) is 11.5 Å². The number of esters is 1. The summed E-state index contributed by atoms with van der Waals surface area (Å²) >= 11 is 3.02. The highest BCUT2D eigenvalue weighted by molar-refractivity contribution is 7.98. The van der Waals surface area contributed by atoms with E-state index in [4.69, 9.17) is 30.9 Å². The molecule has 1 aliphatic heterocycles. The third kappa shape index (κ3) is 9.66. The zero-order chi connectivity index (χ0) is 37.0. The van der Waals surface area contributed by atoms with E-state index in [9.17, 15) is 20.1 Å². The predicted octanol–water partition coefficient (Wildman–Crippen LogP) is 5.31. The molecule has 4 aromatic rings. The average molecular weight is 739 g/mol. The number of hydrogen-bond donors (Lipinski definition) is 3. The van der Waals surface area contributed by atoms with Crippen LogP contribution in [0.2, 0.25) is 0 Å². The Morgan fingerprint density at radius 1 is 1.02 bits per heavy atom. The summed E-state index contributed by atoms with van der Waals surface area (Å²) in [5.74, 6) is 0.570. The fourth-order valence-corrected chi connectivity index (χ4v) is 7.46. The van der Waals surface area contributed by atoms with Crippen molar-refractivity contribution in [2.45, 2.75) is 62.4 Å². The van der Waals surface area contributed by atoms with Crippen LogP contribution in [0.15, 0.2) is 58.9 Å². The van der Waals surface area contributed by atoms with Gasteiger partial charge in [-0.15, -0.1) is 11.3 Å². The highest BCUT2D eigenvalue weighted by Crippen LogP contribution is 2.40. The van der Waals surface area contributed by atoms with E-state index < -0.39 is 24.0 Å². The third-order valence-corrected chi connectivity index (χ3v) is 10.4. The van der Waals surface area contributed by atoms with Crippen molar-refractivity contribution in [2.75, 3.05) is 37.7 Å². The lowest BCUT2D eigenvalue weighted by Gasteiger charge is -2.22. The summed E-state index contributed by atoms with van der Waals surface area (Å²) in [4.78, 5) is 36.4. The van der Waals surface area contributed by atoms with Crippen LogP contribution in [0.1, 0.15) is 55.0 Å². The molecule has 0 saturated carbocycles. The van der Waals surface area contributed by atoms with Crippen LogP contribution < -0.4 is 26.4 Å². The minimum atomic E-state index is -0.870. The van der Waals surface area contributed by atoms with Crippen LogP contribution in [0.25, 0.3) is 21.7 Å². The van der Waals surface area contributed by atoms with E-state index in [1.807, 2.05) is 5.38 Å². The van der Waals surface area contributed by atoms with Crippen LogP contribution in [-0.2, 0) is 20.1 Å². The number of nitriles is 2. The normalized spacial score (nSPS) is 13.5. The highest BCUT2D eigenvalue weighted by Gasteiger charge is 2.27. The van der Waals surface area contributed by atoms with Crippen LogP contribution >= 0.6 is 23.1 Å². The lowest BCUT2D eigenvalue weighted by atomic mass is 9.96. The number of rotatable bonds is 16. The van der Waals surface area contributed by atoms with Crippen LogP contribution in [0, 0.1) is 29.6 Å². The van der Waals surface area contributed by atoms with E-state index in [0.29, 0.717) is 64.0 Å². The van der Waals surface area contributed by atoms with Crippen molar-refractivity contribution < 1.29 is 19.1 Å². The summed E-state index contributed by atoms with van der Waals surface area (Å²) in [5.41, 5.74) is 16.3. The summed E-state index contributed by atoms with van der Waals surface area (Å²) in [6, 6.07) is 18.4. The maximum absolute atomic E-state index is 12.4. The standard InChI is InChI=1S/C38H42N8O4S2/c1-24-7-9-27(10-8-24)36-44-28(22-51-36)23-52-37-31(21-41)33(30(20-40)34(45-37)46-16-3-4-17-46)26-11-13-29(14-12-26)49-18-19-50-38(48)25(2)43-35(47)32(42)6-5-15-39/h7-14,22,25,32H,3-6,15-19,23,39,42H2,1-2H3,(H,43,47)/t25-,32-/m0/s1. The van der Waals surface area contributed by atoms with Crippen molar-refractivity contribution in [3.8, 4) is 39.6 Å². The van der Waals surface area contributed by atoms with Gasteiger partial charge in [0, 0.05) is 35.3 Å². The third-order valence-electron chi connectivity index (χ3n) is 8.49. The number of aryl methyl sites for hydroxylation is 1. The molecule has 1 amide bonds. The molecule has 12 nitrogen and oxygen atoms in total. The Bertz CT molecular complexity index is 1930. The van der Waals surface area contributed by atoms with Gasteiger partial charge in [-0.3, -0.25) is 4.79 Å². The predicted molar refractivity (Wildman–Crippen MR) is 203 cm³/mol. The Morgan fingerprint density at radius 2 is 1.71 bits per heavy atom. The van der Waals surface area contributed by atoms with Gasteiger partial charge in [-0.25, -0.2) is 14.8 Å². The fourth-order valence-electron chi connectivity index (χ4n) is 5.65. The number of nitrogens with two attached hydrogens (primary N) is 2. The molecule has 1 aliphatic rings. The zero-order valence-electron chi connectivity index (χ0n) is 29.3. The van der Waals surface area contributed by atoms with Gasteiger partial charge in [-0.2, -0.15) is 10.5 Å². The quantitative estimate of drug-likeness (QED) is 0.0763. The number of amides is 1. The molecule has 270 valence electrons. The minimum absolute atomic E-state index is 0.0349. The van der Waals surface area contributed by atoms with Gasteiger partial charge in [0.05, 0.1) is 17.3 Å². The van der Waals surface area contributed by atoms with Gasteiger partial charge in [0.15, 0.2) is 0 Å². The molecule has 2 aromatic heterocycles. The monoisotopic (exact) mass is 738 g/mol. The molecule has 2 aromatic carbocycles. The smallest absolute Gasteiger partial charge is 0.328 e. The number of carbonyl (C=O) groups excluding carboxylic acids is 2. The Labute approximate surface area is 312 Å².